The standard InChI is InChI=1S/C14H18F3NO2/c1-3-4-9-18(2)13(19)10-20-12-7-5-11(6-8-12)14(15,16)17/h5-8H,3-4,9-10H2,1-2H3. The van der Waals surface area contributed by atoms with Crippen molar-refractivity contribution < 1.29 is 22.7 Å². The van der Waals surface area contributed by atoms with Crippen molar-refractivity contribution in [2.24, 2.45) is 0 Å². The minimum absolute atomic E-state index is 0.175. The lowest BCUT2D eigenvalue weighted by Gasteiger charge is -2.17. The van der Waals surface area contributed by atoms with Crippen molar-refractivity contribution in [1.29, 1.82) is 0 Å². The molecule has 0 saturated heterocycles. The van der Waals surface area contributed by atoms with Crippen molar-refractivity contribution in [2.45, 2.75) is 25.9 Å². The van der Waals surface area contributed by atoms with Crippen molar-refractivity contribution in [3.63, 3.8) is 0 Å². The molecule has 3 nitrogen and oxygen atoms in total. The molecule has 0 N–H and O–H groups in total. The monoisotopic (exact) mass is 289 g/mol. The number of halogens is 3. The number of benzene rings is 1. The smallest absolute Gasteiger partial charge is 0.416 e. The zero-order valence-corrected chi connectivity index (χ0v) is 11.5. The number of ether oxygens (including phenoxy) is 1. The molecule has 20 heavy (non-hydrogen) atoms. The normalized spacial score (nSPS) is 11.2. The molecule has 0 fully saturated rings. The van der Waals surface area contributed by atoms with E-state index in [2.05, 4.69) is 0 Å². The second kappa shape index (κ2) is 7.17. The number of carbonyl (C=O) groups is 1. The maximum atomic E-state index is 12.4. The van der Waals surface area contributed by atoms with Crippen LogP contribution in [0.2, 0.25) is 0 Å². The average molecular weight is 289 g/mol. The van der Waals surface area contributed by atoms with Gasteiger partial charge in [0.1, 0.15) is 5.75 Å². The Balaban J connectivity index is 2.48. The molecule has 0 aliphatic heterocycles. The molecule has 0 atom stereocenters. The van der Waals surface area contributed by atoms with Gasteiger partial charge in [0, 0.05) is 13.6 Å². The highest BCUT2D eigenvalue weighted by molar-refractivity contribution is 5.77. The van der Waals surface area contributed by atoms with Crippen molar-refractivity contribution in [3.8, 4) is 5.75 Å². The second-order valence-electron chi connectivity index (χ2n) is 4.48. The first-order valence-corrected chi connectivity index (χ1v) is 6.38. The first-order valence-electron chi connectivity index (χ1n) is 6.38. The van der Waals surface area contributed by atoms with E-state index in [9.17, 15) is 18.0 Å². The number of amides is 1. The second-order valence-corrected chi connectivity index (χ2v) is 4.48. The molecule has 0 radical (unpaired) electrons. The van der Waals surface area contributed by atoms with E-state index in [1.165, 1.54) is 12.1 Å². The Morgan fingerprint density at radius 1 is 1.25 bits per heavy atom. The molecular weight excluding hydrogens is 271 g/mol. The molecule has 0 aliphatic rings. The third-order valence-corrected chi connectivity index (χ3v) is 2.82. The molecule has 0 saturated carbocycles. The zero-order valence-electron chi connectivity index (χ0n) is 11.5. The average Bonchev–Trinajstić information content (AvgIpc) is 2.41. The van der Waals surface area contributed by atoms with E-state index in [-0.39, 0.29) is 18.3 Å². The summed E-state index contributed by atoms with van der Waals surface area (Å²) >= 11 is 0. The van der Waals surface area contributed by atoms with Gasteiger partial charge in [-0.15, -0.1) is 0 Å². The lowest BCUT2D eigenvalue weighted by atomic mass is 10.2. The lowest BCUT2D eigenvalue weighted by Crippen LogP contribution is -2.32. The number of unbranched alkanes of at least 4 members (excludes halogenated alkanes) is 1. The van der Waals surface area contributed by atoms with Crippen LogP contribution in [0.4, 0.5) is 13.2 Å². The largest absolute Gasteiger partial charge is 0.484 e. The van der Waals surface area contributed by atoms with Crippen LogP contribution in [-0.2, 0) is 11.0 Å². The Bertz CT molecular complexity index is 429. The molecule has 0 bridgehead atoms. The van der Waals surface area contributed by atoms with Crippen molar-refractivity contribution in [3.05, 3.63) is 29.8 Å². The van der Waals surface area contributed by atoms with Crippen LogP contribution >= 0.6 is 0 Å². The third-order valence-electron chi connectivity index (χ3n) is 2.82. The predicted molar refractivity (Wildman–Crippen MR) is 69.5 cm³/mol. The maximum Gasteiger partial charge on any atom is 0.416 e. The topological polar surface area (TPSA) is 29.5 Å². The minimum Gasteiger partial charge on any atom is -0.484 e. The summed E-state index contributed by atoms with van der Waals surface area (Å²) < 4.78 is 42.2. The molecular formula is C14H18F3NO2. The zero-order chi connectivity index (χ0) is 15.2. The number of nitrogens with zero attached hydrogens (tertiary/aromatic N) is 1. The van der Waals surface area contributed by atoms with Crippen molar-refractivity contribution in [1.82, 2.24) is 4.90 Å². The Kier molecular flexibility index (Phi) is 5.85. The van der Waals surface area contributed by atoms with E-state index in [4.69, 9.17) is 4.74 Å². The molecule has 112 valence electrons. The number of carbonyl (C=O) groups excluding carboxylic acids is 1. The van der Waals surface area contributed by atoms with E-state index in [0.717, 1.165) is 25.0 Å². The van der Waals surface area contributed by atoms with Gasteiger partial charge in [0.05, 0.1) is 5.56 Å². The fourth-order valence-electron chi connectivity index (χ4n) is 1.52. The van der Waals surface area contributed by atoms with E-state index in [1.54, 1.807) is 11.9 Å². The predicted octanol–water partition coefficient (Wildman–Crippen LogP) is 3.34. The molecule has 1 amide bonds. The summed E-state index contributed by atoms with van der Waals surface area (Å²) in [6.45, 7) is 2.49. The molecule has 1 aromatic rings. The van der Waals surface area contributed by atoms with Crippen LogP contribution in [0, 0.1) is 0 Å². The van der Waals surface area contributed by atoms with Crippen molar-refractivity contribution in [2.75, 3.05) is 20.2 Å². The molecule has 6 heteroatoms. The summed E-state index contributed by atoms with van der Waals surface area (Å²) in [5.74, 6) is 0.0496. The Morgan fingerprint density at radius 3 is 2.35 bits per heavy atom. The number of hydrogen-bond donors (Lipinski definition) is 0. The molecule has 1 aromatic carbocycles. The highest BCUT2D eigenvalue weighted by Gasteiger charge is 2.30. The summed E-state index contributed by atoms with van der Waals surface area (Å²) in [7, 11) is 1.67. The van der Waals surface area contributed by atoms with Gasteiger partial charge in [-0.25, -0.2) is 0 Å². The van der Waals surface area contributed by atoms with Gasteiger partial charge >= 0.3 is 6.18 Å². The summed E-state index contributed by atoms with van der Waals surface area (Å²) in [6.07, 6.45) is -2.48. The van der Waals surface area contributed by atoms with E-state index in [1.807, 2.05) is 6.92 Å². The number of likely N-dealkylation sites (N-methyl/N-ethyl adjacent to an activating group) is 1. The van der Waals surface area contributed by atoms with Crippen LogP contribution in [0.15, 0.2) is 24.3 Å². The molecule has 1 rings (SSSR count). The summed E-state index contributed by atoms with van der Waals surface area (Å²) in [5, 5.41) is 0. The highest BCUT2D eigenvalue weighted by atomic mass is 19.4. The van der Waals surface area contributed by atoms with Gasteiger partial charge in [0.15, 0.2) is 6.61 Å². The first-order chi connectivity index (χ1) is 9.34. The van der Waals surface area contributed by atoms with Crippen LogP contribution in [0.25, 0.3) is 0 Å². The van der Waals surface area contributed by atoms with E-state index < -0.39 is 11.7 Å². The highest BCUT2D eigenvalue weighted by Crippen LogP contribution is 2.30. The SMILES string of the molecule is CCCCN(C)C(=O)COc1ccc(C(F)(F)F)cc1. The van der Waals surface area contributed by atoms with Gasteiger partial charge in [-0.1, -0.05) is 13.3 Å². The van der Waals surface area contributed by atoms with Crippen LogP contribution in [0.5, 0.6) is 5.75 Å². The minimum atomic E-state index is -4.37. The van der Waals surface area contributed by atoms with Crippen LogP contribution in [0.1, 0.15) is 25.3 Å². The van der Waals surface area contributed by atoms with Crippen LogP contribution in [-0.4, -0.2) is 31.0 Å². The number of rotatable bonds is 6. The quantitative estimate of drug-likeness (QED) is 0.804. The Labute approximate surface area is 116 Å². The van der Waals surface area contributed by atoms with Crippen molar-refractivity contribution >= 4 is 5.91 Å². The third kappa shape index (κ3) is 5.11. The fraction of sp³-hybridized carbons (Fsp3) is 0.500. The molecule has 0 heterocycles. The lowest BCUT2D eigenvalue weighted by molar-refractivity contribution is -0.137. The molecule has 0 aliphatic carbocycles. The molecule has 0 aromatic heterocycles. The van der Waals surface area contributed by atoms with Gasteiger partial charge in [-0.2, -0.15) is 13.2 Å². The Morgan fingerprint density at radius 2 is 1.85 bits per heavy atom. The molecule has 0 spiro atoms. The summed E-state index contributed by atoms with van der Waals surface area (Å²) in [5.41, 5.74) is -0.740. The number of hydrogen-bond acceptors (Lipinski definition) is 2. The number of alkyl halides is 3. The molecule has 0 unspecified atom stereocenters. The maximum absolute atomic E-state index is 12.4. The van der Waals surface area contributed by atoms with Crippen LogP contribution in [0.3, 0.4) is 0 Å². The summed E-state index contributed by atoms with van der Waals surface area (Å²) in [6, 6.07) is 4.28. The van der Waals surface area contributed by atoms with Crippen LogP contribution < -0.4 is 4.74 Å². The van der Waals surface area contributed by atoms with Gasteiger partial charge < -0.3 is 9.64 Å². The van der Waals surface area contributed by atoms with Gasteiger partial charge in [-0.05, 0) is 30.7 Å². The summed E-state index contributed by atoms with van der Waals surface area (Å²) in [4.78, 5) is 13.2. The fourth-order valence-corrected chi connectivity index (χ4v) is 1.52. The Hall–Kier alpha value is -1.72. The van der Waals surface area contributed by atoms with Gasteiger partial charge in [0.2, 0.25) is 0 Å². The first kappa shape index (κ1) is 16.3. The van der Waals surface area contributed by atoms with E-state index in [0.29, 0.717) is 6.54 Å². The van der Waals surface area contributed by atoms with E-state index >= 15 is 0 Å². The van der Waals surface area contributed by atoms with Gasteiger partial charge in [0.25, 0.3) is 5.91 Å². The van der Waals surface area contributed by atoms with Gasteiger partial charge in [-0.3, -0.25) is 4.79 Å².